The van der Waals surface area contributed by atoms with Crippen LogP contribution in [0.15, 0.2) is 18.3 Å². The number of nitrogens with zero attached hydrogens (tertiary/aromatic N) is 3. The quantitative estimate of drug-likeness (QED) is 0.817. The first kappa shape index (κ1) is 20.4. The summed E-state index contributed by atoms with van der Waals surface area (Å²) >= 11 is 0. The topological polar surface area (TPSA) is 56.7 Å². The molecule has 5 heteroatoms. The molecular formula is C25H37N3O2. The Kier molecular flexibility index (Phi) is 6.10. The van der Waals surface area contributed by atoms with E-state index in [-0.39, 0.29) is 12.5 Å². The maximum Gasteiger partial charge on any atom is 0.272 e. The summed E-state index contributed by atoms with van der Waals surface area (Å²) in [5, 5.41) is 9.45. The summed E-state index contributed by atoms with van der Waals surface area (Å²) in [5.41, 5.74) is 1.25. The Balaban J connectivity index is 1.36. The van der Waals surface area contributed by atoms with Gasteiger partial charge in [-0.2, -0.15) is 0 Å². The SMILES string of the molecule is O=C(c1cc(CO)ccn1)N1C[C@H]2C[C@@H](C1)[C@H](CC1CCCCC1)N1CCCC[C@@H]21. The number of likely N-dealkylation sites (tertiary alicyclic amines) is 1. The van der Waals surface area contributed by atoms with E-state index < -0.39 is 0 Å². The number of fused-ring (bicyclic) bond motifs is 4. The summed E-state index contributed by atoms with van der Waals surface area (Å²) in [7, 11) is 0. The Morgan fingerprint density at radius 1 is 1.07 bits per heavy atom. The van der Waals surface area contributed by atoms with E-state index >= 15 is 0 Å². The fourth-order valence-corrected chi connectivity index (χ4v) is 7.01. The Hall–Kier alpha value is -1.46. The van der Waals surface area contributed by atoms with Gasteiger partial charge in [0, 0.05) is 31.4 Å². The van der Waals surface area contributed by atoms with Crippen molar-refractivity contribution in [1.29, 1.82) is 0 Å². The van der Waals surface area contributed by atoms with Crippen molar-refractivity contribution >= 4 is 5.91 Å². The summed E-state index contributed by atoms with van der Waals surface area (Å²) in [5.74, 6) is 2.15. The number of piperidine rings is 3. The van der Waals surface area contributed by atoms with Crippen molar-refractivity contribution in [3.63, 3.8) is 0 Å². The zero-order chi connectivity index (χ0) is 20.5. The first-order valence-corrected chi connectivity index (χ1v) is 12.3. The van der Waals surface area contributed by atoms with Crippen LogP contribution < -0.4 is 0 Å². The van der Waals surface area contributed by atoms with Crippen molar-refractivity contribution in [2.75, 3.05) is 19.6 Å². The van der Waals surface area contributed by atoms with E-state index in [0.717, 1.165) is 24.6 Å². The minimum atomic E-state index is -0.0471. The summed E-state index contributed by atoms with van der Waals surface area (Å²) in [6, 6.07) is 4.86. The lowest BCUT2D eigenvalue weighted by Crippen LogP contribution is -2.64. The van der Waals surface area contributed by atoms with Gasteiger partial charge in [-0.15, -0.1) is 0 Å². The minimum Gasteiger partial charge on any atom is -0.392 e. The smallest absolute Gasteiger partial charge is 0.272 e. The second-order valence-electron chi connectivity index (χ2n) is 10.3. The van der Waals surface area contributed by atoms with Crippen LogP contribution >= 0.6 is 0 Å². The van der Waals surface area contributed by atoms with Crippen LogP contribution in [0.25, 0.3) is 0 Å². The second kappa shape index (κ2) is 8.96. The maximum absolute atomic E-state index is 13.3. The Morgan fingerprint density at radius 2 is 1.87 bits per heavy atom. The van der Waals surface area contributed by atoms with Gasteiger partial charge < -0.3 is 10.0 Å². The Morgan fingerprint density at radius 3 is 2.70 bits per heavy atom. The van der Waals surface area contributed by atoms with E-state index in [1.165, 1.54) is 70.8 Å². The van der Waals surface area contributed by atoms with Crippen molar-refractivity contribution in [2.45, 2.75) is 82.9 Å². The van der Waals surface area contributed by atoms with E-state index in [0.29, 0.717) is 29.6 Å². The van der Waals surface area contributed by atoms with Crippen molar-refractivity contribution in [3.05, 3.63) is 29.6 Å². The maximum atomic E-state index is 13.3. The van der Waals surface area contributed by atoms with E-state index in [4.69, 9.17) is 0 Å². The lowest BCUT2D eigenvalue weighted by molar-refractivity contribution is -0.0726. The van der Waals surface area contributed by atoms with Gasteiger partial charge in [0.05, 0.1) is 6.61 Å². The van der Waals surface area contributed by atoms with Gasteiger partial charge in [0.15, 0.2) is 0 Å². The fourth-order valence-electron chi connectivity index (χ4n) is 7.01. The number of hydrogen-bond acceptors (Lipinski definition) is 4. The lowest BCUT2D eigenvalue weighted by Gasteiger charge is -2.57. The largest absolute Gasteiger partial charge is 0.392 e. The first-order chi connectivity index (χ1) is 14.7. The van der Waals surface area contributed by atoms with Crippen molar-refractivity contribution < 1.29 is 9.90 Å². The van der Waals surface area contributed by atoms with Gasteiger partial charge in [-0.25, -0.2) is 0 Å². The summed E-state index contributed by atoms with van der Waals surface area (Å²) in [6.07, 6.45) is 15.3. The molecule has 1 amide bonds. The predicted molar refractivity (Wildman–Crippen MR) is 117 cm³/mol. The number of aliphatic hydroxyl groups is 1. The number of pyridine rings is 1. The van der Waals surface area contributed by atoms with Crippen LogP contribution in [0.5, 0.6) is 0 Å². The molecule has 4 atom stereocenters. The van der Waals surface area contributed by atoms with Crippen LogP contribution in [0.4, 0.5) is 0 Å². The molecule has 4 aliphatic rings. The monoisotopic (exact) mass is 411 g/mol. The predicted octanol–water partition coefficient (Wildman–Crippen LogP) is 3.86. The average Bonchev–Trinajstić information content (AvgIpc) is 2.82. The molecule has 1 aromatic heterocycles. The Bertz CT molecular complexity index is 748. The molecule has 0 spiro atoms. The second-order valence-corrected chi connectivity index (χ2v) is 10.3. The Labute approximate surface area is 180 Å². The van der Waals surface area contributed by atoms with Crippen LogP contribution in [0.1, 0.15) is 80.3 Å². The molecule has 1 aliphatic carbocycles. The fraction of sp³-hybridized carbons (Fsp3) is 0.760. The molecule has 30 heavy (non-hydrogen) atoms. The molecule has 1 aromatic rings. The van der Waals surface area contributed by atoms with Gasteiger partial charge in [0.2, 0.25) is 0 Å². The van der Waals surface area contributed by atoms with Crippen LogP contribution in [-0.4, -0.2) is 57.5 Å². The first-order valence-electron chi connectivity index (χ1n) is 12.3. The molecule has 5 rings (SSSR count). The number of rotatable bonds is 4. The average molecular weight is 412 g/mol. The third kappa shape index (κ3) is 4.03. The van der Waals surface area contributed by atoms with E-state index in [1.54, 1.807) is 18.3 Å². The molecule has 0 radical (unpaired) electrons. The highest BCUT2D eigenvalue weighted by Gasteiger charge is 2.48. The number of carbonyl (C=O) groups is 1. The molecule has 0 aromatic carbocycles. The molecule has 3 aliphatic heterocycles. The third-order valence-corrected chi connectivity index (χ3v) is 8.43. The van der Waals surface area contributed by atoms with Crippen molar-refractivity contribution in [3.8, 4) is 0 Å². The van der Waals surface area contributed by atoms with Gasteiger partial charge in [-0.05, 0) is 67.7 Å². The summed E-state index contributed by atoms with van der Waals surface area (Å²) in [4.78, 5) is 22.7. The van der Waals surface area contributed by atoms with Crippen LogP contribution in [-0.2, 0) is 6.61 Å². The molecule has 2 bridgehead atoms. The molecule has 0 unspecified atom stereocenters. The number of carbonyl (C=O) groups excluding carboxylic acids is 1. The number of amides is 1. The zero-order valence-electron chi connectivity index (χ0n) is 18.2. The highest BCUT2D eigenvalue weighted by molar-refractivity contribution is 5.92. The molecule has 3 saturated heterocycles. The molecular weight excluding hydrogens is 374 g/mol. The summed E-state index contributed by atoms with van der Waals surface area (Å²) < 4.78 is 0. The number of aromatic nitrogens is 1. The van der Waals surface area contributed by atoms with Gasteiger partial charge in [0.25, 0.3) is 5.91 Å². The third-order valence-electron chi connectivity index (χ3n) is 8.43. The van der Waals surface area contributed by atoms with Crippen LogP contribution in [0, 0.1) is 17.8 Å². The number of aliphatic hydroxyl groups excluding tert-OH is 1. The summed E-state index contributed by atoms with van der Waals surface area (Å²) in [6.45, 7) is 2.97. The highest BCUT2D eigenvalue weighted by atomic mass is 16.3. The molecule has 4 fully saturated rings. The van der Waals surface area contributed by atoms with Crippen LogP contribution in [0.2, 0.25) is 0 Å². The molecule has 4 heterocycles. The molecule has 1 N–H and O–H groups in total. The van der Waals surface area contributed by atoms with Gasteiger partial charge in [0.1, 0.15) is 5.69 Å². The van der Waals surface area contributed by atoms with Crippen molar-refractivity contribution in [2.24, 2.45) is 17.8 Å². The highest BCUT2D eigenvalue weighted by Crippen LogP contribution is 2.44. The standard InChI is InChI=1S/C25H37N3O2/c29-17-19-9-10-26-22(12-19)25(30)27-15-20-14-21(16-27)24(13-18-6-2-1-3-7-18)28-11-5-4-8-23(20)28/h9-10,12,18,20-21,23-24,29H,1-8,11,13-17H2/t20-,21+,23+,24+/m1/s1. The van der Waals surface area contributed by atoms with E-state index in [9.17, 15) is 9.90 Å². The molecule has 5 nitrogen and oxygen atoms in total. The van der Waals surface area contributed by atoms with E-state index in [1.807, 2.05) is 0 Å². The van der Waals surface area contributed by atoms with E-state index in [2.05, 4.69) is 14.8 Å². The zero-order valence-corrected chi connectivity index (χ0v) is 18.2. The molecule has 1 saturated carbocycles. The molecule has 164 valence electrons. The minimum absolute atomic E-state index is 0.0471. The van der Waals surface area contributed by atoms with Crippen LogP contribution in [0.3, 0.4) is 0 Å². The lowest BCUT2D eigenvalue weighted by atomic mass is 9.69. The van der Waals surface area contributed by atoms with Crippen molar-refractivity contribution in [1.82, 2.24) is 14.8 Å². The van der Waals surface area contributed by atoms with Gasteiger partial charge in [-0.3, -0.25) is 14.7 Å². The number of hydrogen-bond donors (Lipinski definition) is 1. The normalized spacial score (nSPS) is 32.6. The van der Waals surface area contributed by atoms with Gasteiger partial charge >= 0.3 is 0 Å². The van der Waals surface area contributed by atoms with Gasteiger partial charge in [-0.1, -0.05) is 38.5 Å².